The average Bonchev–Trinajstić information content (AvgIpc) is 2.85. The second kappa shape index (κ2) is 7.27. The van der Waals surface area contributed by atoms with Gasteiger partial charge in [0.15, 0.2) is 0 Å². The fourth-order valence-electron chi connectivity index (χ4n) is 2.87. The van der Waals surface area contributed by atoms with E-state index in [-0.39, 0.29) is 5.91 Å². The molecule has 1 N–H and O–H groups in total. The number of aromatic nitrogens is 1. The van der Waals surface area contributed by atoms with Crippen LogP contribution in [0, 0.1) is 6.92 Å². The number of hydrogen-bond donors (Lipinski definition) is 1. The van der Waals surface area contributed by atoms with Crippen molar-refractivity contribution in [1.82, 2.24) is 4.98 Å². The highest BCUT2D eigenvalue weighted by Crippen LogP contribution is 2.20. The quantitative estimate of drug-likeness (QED) is 0.931. The molecule has 1 aromatic carbocycles. The van der Waals surface area contributed by atoms with Gasteiger partial charge in [-0.25, -0.2) is 4.98 Å². The van der Waals surface area contributed by atoms with Crippen molar-refractivity contribution >= 4 is 17.4 Å². The molecule has 1 fully saturated rings. The van der Waals surface area contributed by atoms with Crippen molar-refractivity contribution in [2.45, 2.75) is 32.6 Å². The second-order valence-electron chi connectivity index (χ2n) is 6.12. The van der Waals surface area contributed by atoms with Gasteiger partial charge in [-0.1, -0.05) is 30.5 Å². The van der Waals surface area contributed by atoms with Crippen LogP contribution in [0.15, 0.2) is 42.6 Å². The molecule has 1 aliphatic rings. The van der Waals surface area contributed by atoms with Crippen molar-refractivity contribution in [2.75, 3.05) is 23.3 Å². The number of carbonyl (C=O) groups excluding carboxylic acids is 1. The van der Waals surface area contributed by atoms with Gasteiger partial charge < -0.3 is 10.2 Å². The van der Waals surface area contributed by atoms with E-state index < -0.39 is 0 Å². The Bertz CT molecular complexity index is 641. The highest BCUT2D eigenvalue weighted by atomic mass is 16.1. The minimum atomic E-state index is -0.125. The van der Waals surface area contributed by atoms with E-state index in [1.165, 1.54) is 25.7 Å². The lowest BCUT2D eigenvalue weighted by atomic mass is 10.1. The van der Waals surface area contributed by atoms with E-state index >= 15 is 0 Å². The van der Waals surface area contributed by atoms with Crippen molar-refractivity contribution < 1.29 is 4.79 Å². The van der Waals surface area contributed by atoms with Crippen molar-refractivity contribution in [2.24, 2.45) is 0 Å². The van der Waals surface area contributed by atoms with Crippen LogP contribution in [0.1, 0.15) is 41.6 Å². The number of nitrogens with zero attached hydrogens (tertiary/aromatic N) is 2. The van der Waals surface area contributed by atoms with E-state index in [9.17, 15) is 4.79 Å². The lowest BCUT2D eigenvalue weighted by molar-refractivity contribution is 0.102. The summed E-state index contributed by atoms with van der Waals surface area (Å²) in [6.07, 6.45) is 6.97. The maximum Gasteiger partial charge on any atom is 0.256 e. The van der Waals surface area contributed by atoms with Crippen molar-refractivity contribution in [1.29, 1.82) is 0 Å². The van der Waals surface area contributed by atoms with Crippen LogP contribution in [0.2, 0.25) is 0 Å². The summed E-state index contributed by atoms with van der Waals surface area (Å²) >= 11 is 0. The molecule has 1 aliphatic heterocycles. The van der Waals surface area contributed by atoms with Gasteiger partial charge in [0.1, 0.15) is 5.82 Å². The molecule has 1 aromatic heterocycles. The number of aryl methyl sites for hydroxylation is 1. The fourth-order valence-corrected chi connectivity index (χ4v) is 2.87. The molecule has 4 heteroatoms. The summed E-state index contributed by atoms with van der Waals surface area (Å²) < 4.78 is 0. The lowest BCUT2D eigenvalue weighted by Gasteiger charge is -2.22. The van der Waals surface area contributed by atoms with Crippen molar-refractivity contribution in [3.63, 3.8) is 0 Å². The summed E-state index contributed by atoms with van der Waals surface area (Å²) in [6.45, 7) is 4.19. The van der Waals surface area contributed by atoms with Crippen LogP contribution in [0.4, 0.5) is 11.5 Å². The number of nitrogens with one attached hydrogen (secondary N) is 1. The molecule has 1 saturated heterocycles. The average molecular weight is 309 g/mol. The lowest BCUT2D eigenvalue weighted by Crippen LogP contribution is -2.24. The number of benzene rings is 1. The topological polar surface area (TPSA) is 45.2 Å². The van der Waals surface area contributed by atoms with Crippen LogP contribution in [0.3, 0.4) is 0 Å². The fraction of sp³-hybridized carbons (Fsp3) is 0.368. The molecule has 2 aromatic rings. The van der Waals surface area contributed by atoms with Gasteiger partial charge in [-0.05, 0) is 44.0 Å². The number of anilines is 2. The summed E-state index contributed by atoms with van der Waals surface area (Å²) in [5.41, 5.74) is 2.93. The van der Waals surface area contributed by atoms with Crippen molar-refractivity contribution in [3.05, 3.63) is 53.7 Å². The predicted molar refractivity (Wildman–Crippen MR) is 94.1 cm³/mol. The number of carbonyl (C=O) groups is 1. The first-order valence-electron chi connectivity index (χ1n) is 8.31. The molecule has 0 radical (unpaired) electrons. The molecule has 0 saturated carbocycles. The van der Waals surface area contributed by atoms with Gasteiger partial charge in [0.05, 0.1) is 11.9 Å². The smallest absolute Gasteiger partial charge is 0.256 e. The maximum absolute atomic E-state index is 12.2. The minimum Gasteiger partial charge on any atom is -0.370 e. The van der Waals surface area contributed by atoms with Crippen LogP contribution in [-0.4, -0.2) is 24.0 Å². The Hall–Kier alpha value is -2.36. The van der Waals surface area contributed by atoms with E-state index in [4.69, 9.17) is 0 Å². The highest BCUT2D eigenvalue weighted by Gasteiger charge is 2.11. The molecule has 23 heavy (non-hydrogen) atoms. The molecule has 0 aliphatic carbocycles. The Labute approximate surface area is 137 Å². The zero-order valence-electron chi connectivity index (χ0n) is 13.6. The zero-order valence-corrected chi connectivity index (χ0v) is 13.6. The van der Waals surface area contributed by atoms with E-state index in [1.54, 1.807) is 0 Å². The van der Waals surface area contributed by atoms with E-state index in [2.05, 4.69) is 15.2 Å². The molecule has 0 atom stereocenters. The summed E-state index contributed by atoms with van der Waals surface area (Å²) in [5, 5.41) is 2.85. The Morgan fingerprint density at radius 3 is 2.30 bits per heavy atom. The molecule has 120 valence electrons. The van der Waals surface area contributed by atoms with Crippen LogP contribution in [-0.2, 0) is 0 Å². The number of pyridine rings is 1. The van der Waals surface area contributed by atoms with Crippen LogP contribution in [0.5, 0.6) is 0 Å². The molecule has 0 bridgehead atoms. The van der Waals surface area contributed by atoms with Crippen LogP contribution < -0.4 is 10.2 Å². The van der Waals surface area contributed by atoms with Crippen molar-refractivity contribution in [3.8, 4) is 0 Å². The summed E-state index contributed by atoms with van der Waals surface area (Å²) in [6, 6.07) is 11.5. The zero-order chi connectivity index (χ0) is 16.1. The van der Waals surface area contributed by atoms with Gasteiger partial charge in [0.25, 0.3) is 5.91 Å². The number of amides is 1. The Morgan fingerprint density at radius 2 is 1.70 bits per heavy atom. The third kappa shape index (κ3) is 4.09. The minimum absolute atomic E-state index is 0.125. The van der Waals surface area contributed by atoms with Gasteiger partial charge >= 0.3 is 0 Å². The maximum atomic E-state index is 12.2. The standard InChI is InChI=1S/C19H23N3O/c1-15-6-8-16(9-7-15)19(23)21-18-11-10-17(14-20-18)22-12-4-2-3-5-13-22/h6-11,14H,2-5,12-13H2,1H3,(H,20,21,23). The van der Waals surface area contributed by atoms with Gasteiger partial charge in [-0.2, -0.15) is 0 Å². The van der Waals surface area contributed by atoms with E-state index in [1.807, 2.05) is 49.5 Å². The van der Waals surface area contributed by atoms with Gasteiger partial charge in [0.2, 0.25) is 0 Å². The Kier molecular flexibility index (Phi) is 4.91. The predicted octanol–water partition coefficient (Wildman–Crippen LogP) is 4.02. The third-order valence-corrected chi connectivity index (χ3v) is 4.27. The molecule has 4 nitrogen and oxygen atoms in total. The first-order valence-corrected chi connectivity index (χ1v) is 8.31. The van der Waals surface area contributed by atoms with Crippen LogP contribution in [0.25, 0.3) is 0 Å². The van der Waals surface area contributed by atoms with Gasteiger partial charge in [-0.3, -0.25) is 4.79 Å². The molecular formula is C19H23N3O. The van der Waals surface area contributed by atoms with Gasteiger partial charge in [-0.15, -0.1) is 0 Å². The largest absolute Gasteiger partial charge is 0.370 e. The molecular weight excluding hydrogens is 286 g/mol. The number of rotatable bonds is 3. The molecule has 3 rings (SSSR count). The monoisotopic (exact) mass is 309 g/mol. The normalized spacial score (nSPS) is 15.1. The summed E-state index contributed by atoms with van der Waals surface area (Å²) in [5.74, 6) is 0.467. The SMILES string of the molecule is Cc1ccc(C(=O)Nc2ccc(N3CCCCCC3)cn2)cc1. The molecule has 0 unspecified atom stereocenters. The molecule has 2 heterocycles. The molecule has 1 amide bonds. The summed E-state index contributed by atoms with van der Waals surface area (Å²) in [7, 11) is 0. The number of hydrogen-bond acceptors (Lipinski definition) is 3. The first kappa shape index (κ1) is 15.5. The van der Waals surface area contributed by atoms with E-state index in [0.717, 1.165) is 24.3 Å². The highest BCUT2D eigenvalue weighted by molar-refractivity contribution is 6.03. The van der Waals surface area contributed by atoms with Crippen LogP contribution >= 0.6 is 0 Å². The molecule has 0 spiro atoms. The summed E-state index contributed by atoms with van der Waals surface area (Å²) in [4.78, 5) is 19.0. The third-order valence-electron chi connectivity index (χ3n) is 4.27. The second-order valence-corrected chi connectivity index (χ2v) is 6.12. The Morgan fingerprint density at radius 1 is 1.00 bits per heavy atom. The Balaban J connectivity index is 1.64. The first-order chi connectivity index (χ1) is 11.2. The van der Waals surface area contributed by atoms with E-state index in [0.29, 0.717) is 11.4 Å². The van der Waals surface area contributed by atoms with Gasteiger partial charge in [0, 0.05) is 18.7 Å².